The summed E-state index contributed by atoms with van der Waals surface area (Å²) in [6.07, 6.45) is 5.24. The molecule has 0 spiro atoms. The van der Waals surface area contributed by atoms with Crippen LogP contribution in [0.5, 0.6) is 11.5 Å². The fraction of sp³-hybridized carbons (Fsp3) is 0.455. The lowest BCUT2D eigenvalue weighted by Crippen LogP contribution is -2.47. The Morgan fingerprint density at radius 3 is 2.46 bits per heavy atom. The van der Waals surface area contributed by atoms with Crippen LogP contribution in [0.3, 0.4) is 0 Å². The maximum absolute atomic E-state index is 12.0. The lowest BCUT2D eigenvalue weighted by Gasteiger charge is -2.39. The number of benzene rings is 1. The number of carbonyl (C=O) groups is 1. The number of nitrogens with zero attached hydrogens (tertiary/aromatic N) is 2. The first-order valence-electron chi connectivity index (χ1n) is 9.75. The van der Waals surface area contributed by atoms with Crippen molar-refractivity contribution in [2.75, 3.05) is 20.8 Å². The maximum atomic E-state index is 12.0. The van der Waals surface area contributed by atoms with Crippen LogP contribution in [0.2, 0.25) is 0 Å². The molecule has 0 bridgehead atoms. The van der Waals surface area contributed by atoms with Crippen LogP contribution in [0.4, 0.5) is 0 Å². The van der Waals surface area contributed by atoms with Gasteiger partial charge in [-0.3, -0.25) is 14.7 Å². The predicted octanol–water partition coefficient (Wildman–Crippen LogP) is 3.69. The summed E-state index contributed by atoms with van der Waals surface area (Å²) in [6.45, 7) is 2.77. The first-order valence-corrected chi connectivity index (χ1v) is 9.75. The van der Waals surface area contributed by atoms with Crippen LogP contribution in [-0.4, -0.2) is 47.8 Å². The molecule has 2 aromatic rings. The van der Waals surface area contributed by atoms with Gasteiger partial charge >= 0.3 is 5.97 Å². The standard InChI is InChI=1S/C22H28N2O4/c1-4-15-11-12-16(23-14-15)21(24-13-6-5-8-17(24)22(25)26)20-18(27-2)9-7-10-19(20)28-3/h7,9-12,14,17,21H,4-6,8,13H2,1-3H3,(H,25,26). The minimum absolute atomic E-state index is 0.363. The molecule has 1 saturated heterocycles. The number of piperidine rings is 1. The highest BCUT2D eigenvalue weighted by molar-refractivity contribution is 5.74. The molecular formula is C22H28N2O4. The largest absolute Gasteiger partial charge is 0.496 e. The number of hydrogen-bond donors (Lipinski definition) is 1. The molecule has 2 heterocycles. The minimum Gasteiger partial charge on any atom is -0.496 e. The Bertz CT molecular complexity index is 784. The molecule has 3 rings (SSSR count). The molecule has 0 radical (unpaired) electrons. The van der Waals surface area contributed by atoms with Crippen molar-refractivity contribution in [2.45, 2.75) is 44.7 Å². The van der Waals surface area contributed by atoms with Gasteiger partial charge in [-0.05, 0) is 49.6 Å². The van der Waals surface area contributed by atoms with E-state index in [9.17, 15) is 9.90 Å². The van der Waals surface area contributed by atoms with Gasteiger partial charge in [-0.25, -0.2) is 0 Å². The molecule has 150 valence electrons. The number of likely N-dealkylation sites (tertiary alicyclic amines) is 1. The van der Waals surface area contributed by atoms with Crippen LogP contribution in [-0.2, 0) is 11.2 Å². The number of ether oxygens (including phenoxy) is 2. The smallest absolute Gasteiger partial charge is 0.320 e. The zero-order valence-electron chi connectivity index (χ0n) is 16.7. The monoisotopic (exact) mass is 384 g/mol. The number of aliphatic carboxylic acids is 1. The van der Waals surface area contributed by atoms with E-state index in [4.69, 9.17) is 14.5 Å². The third-order valence-corrected chi connectivity index (χ3v) is 5.44. The van der Waals surface area contributed by atoms with E-state index < -0.39 is 12.0 Å². The lowest BCUT2D eigenvalue weighted by atomic mass is 9.92. The quantitative estimate of drug-likeness (QED) is 0.785. The summed E-state index contributed by atoms with van der Waals surface area (Å²) in [4.78, 5) is 18.7. The molecule has 2 unspecified atom stereocenters. The van der Waals surface area contributed by atoms with Crippen LogP contribution < -0.4 is 9.47 Å². The van der Waals surface area contributed by atoms with Gasteiger partial charge in [-0.15, -0.1) is 0 Å². The van der Waals surface area contributed by atoms with Crippen molar-refractivity contribution in [1.29, 1.82) is 0 Å². The van der Waals surface area contributed by atoms with Crippen molar-refractivity contribution < 1.29 is 19.4 Å². The third kappa shape index (κ3) is 3.97. The van der Waals surface area contributed by atoms with Gasteiger partial charge in [-0.2, -0.15) is 0 Å². The van der Waals surface area contributed by atoms with E-state index in [1.165, 1.54) is 0 Å². The summed E-state index contributed by atoms with van der Waals surface area (Å²) in [7, 11) is 3.24. The maximum Gasteiger partial charge on any atom is 0.320 e. The molecule has 0 aliphatic carbocycles. The molecule has 6 heteroatoms. The molecule has 1 aromatic heterocycles. The Hall–Kier alpha value is -2.60. The van der Waals surface area contributed by atoms with Crippen molar-refractivity contribution in [3.05, 3.63) is 53.3 Å². The van der Waals surface area contributed by atoms with Crippen molar-refractivity contribution >= 4 is 5.97 Å². The number of carboxylic acid groups (broad SMARTS) is 1. The second-order valence-corrected chi connectivity index (χ2v) is 7.01. The van der Waals surface area contributed by atoms with E-state index in [2.05, 4.69) is 13.0 Å². The first kappa shape index (κ1) is 20.1. The van der Waals surface area contributed by atoms with Gasteiger partial charge in [0.25, 0.3) is 0 Å². The van der Waals surface area contributed by atoms with Crippen molar-refractivity contribution in [1.82, 2.24) is 9.88 Å². The van der Waals surface area contributed by atoms with Gasteiger partial charge in [0.15, 0.2) is 0 Å². The molecule has 1 fully saturated rings. The average Bonchev–Trinajstić information content (AvgIpc) is 2.74. The van der Waals surface area contributed by atoms with Crippen molar-refractivity contribution in [3.8, 4) is 11.5 Å². The second-order valence-electron chi connectivity index (χ2n) is 7.01. The average molecular weight is 384 g/mol. The molecular weight excluding hydrogens is 356 g/mol. The Morgan fingerprint density at radius 1 is 1.21 bits per heavy atom. The Kier molecular flexibility index (Phi) is 6.52. The normalized spacial score (nSPS) is 18.5. The van der Waals surface area contributed by atoms with Gasteiger partial charge in [0, 0.05) is 6.20 Å². The molecule has 28 heavy (non-hydrogen) atoms. The molecule has 1 aromatic carbocycles. The van der Waals surface area contributed by atoms with Crippen LogP contribution in [0.25, 0.3) is 0 Å². The summed E-state index contributed by atoms with van der Waals surface area (Å²) in [5.41, 5.74) is 2.76. The van der Waals surface area contributed by atoms with Gasteiger partial charge in [0.05, 0.1) is 31.5 Å². The summed E-state index contributed by atoms with van der Waals surface area (Å²) >= 11 is 0. The summed E-state index contributed by atoms with van der Waals surface area (Å²) in [6, 6.07) is 8.74. The number of aromatic nitrogens is 1. The third-order valence-electron chi connectivity index (χ3n) is 5.44. The van der Waals surface area contributed by atoms with Crippen LogP contribution in [0.1, 0.15) is 49.0 Å². The van der Waals surface area contributed by atoms with E-state index in [-0.39, 0.29) is 6.04 Å². The molecule has 0 saturated carbocycles. The Balaban J connectivity index is 2.18. The summed E-state index contributed by atoms with van der Waals surface area (Å²) < 4.78 is 11.3. The molecule has 0 amide bonds. The fourth-order valence-electron chi connectivity index (χ4n) is 3.97. The highest BCUT2D eigenvalue weighted by atomic mass is 16.5. The van der Waals surface area contributed by atoms with Gasteiger partial charge < -0.3 is 14.6 Å². The number of aryl methyl sites for hydroxylation is 1. The topological polar surface area (TPSA) is 71.9 Å². The molecule has 1 aliphatic heterocycles. The van der Waals surface area contributed by atoms with E-state index in [1.807, 2.05) is 35.4 Å². The molecule has 1 N–H and O–H groups in total. The number of pyridine rings is 1. The summed E-state index contributed by atoms with van der Waals surface area (Å²) in [5, 5.41) is 9.86. The fourth-order valence-corrected chi connectivity index (χ4v) is 3.97. The SMILES string of the molecule is CCc1ccc(C(c2c(OC)cccc2OC)N2CCCCC2C(=O)O)nc1. The molecule has 6 nitrogen and oxygen atoms in total. The Morgan fingerprint density at radius 2 is 1.93 bits per heavy atom. The predicted molar refractivity (Wildman–Crippen MR) is 107 cm³/mol. The first-order chi connectivity index (χ1) is 13.6. The van der Waals surface area contributed by atoms with Gasteiger partial charge in [0.2, 0.25) is 0 Å². The molecule has 1 aliphatic rings. The van der Waals surface area contributed by atoms with Gasteiger partial charge in [0.1, 0.15) is 17.5 Å². The van der Waals surface area contributed by atoms with E-state index in [1.54, 1.807) is 14.2 Å². The number of carboxylic acids is 1. The Labute approximate surface area is 166 Å². The highest BCUT2D eigenvalue weighted by Crippen LogP contribution is 2.42. The van der Waals surface area contributed by atoms with Crippen molar-refractivity contribution in [2.24, 2.45) is 0 Å². The zero-order valence-corrected chi connectivity index (χ0v) is 16.7. The summed E-state index contributed by atoms with van der Waals surface area (Å²) in [5.74, 6) is 0.532. The van der Waals surface area contributed by atoms with E-state index in [0.717, 1.165) is 36.1 Å². The van der Waals surface area contributed by atoms with E-state index >= 15 is 0 Å². The molecule has 2 atom stereocenters. The zero-order chi connectivity index (χ0) is 20.1. The number of methoxy groups -OCH3 is 2. The number of hydrogen-bond acceptors (Lipinski definition) is 5. The number of rotatable bonds is 7. The van der Waals surface area contributed by atoms with Crippen LogP contribution in [0, 0.1) is 0 Å². The van der Waals surface area contributed by atoms with Crippen LogP contribution >= 0.6 is 0 Å². The van der Waals surface area contributed by atoms with Crippen molar-refractivity contribution in [3.63, 3.8) is 0 Å². The van der Waals surface area contributed by atoms with E-state index in [0.29, 0.717) is 24.5 Å². The van der Waals surface area contributed by atoms with Gasteiger partial charge in [-0.1, -0.05) is 25.5 Å². The second kappa shape index (κ2) is 9.06. The minimum atomic E-state index is -0.802. The van der Waals surface area contributed by atoms with Crippen LogP contribution in [0.15, 0.2) is 36.5 Å². The highest BCUT2D eigenvalue weighted by Gasteiger charge is 2.38. The lowest BCUT2D eigenvalue weighted by molar-refractivity contribution is -0.145.